The molecule has 1 atom stereocenters. The molecule has 0 heterocycles. The van der Waals surface area contributed by atoms with Crippen LogP contribution in [0.2, 0.25) is 0 Å². The van der Waals surface area contributed by atoms with E-state index in [1.54, 1.807) is 0 Å². The van der Waals surface area contributed by atoms with Crippen LogP contribution in [0, 0.1) is 0 Å². The fourth-order valence-corrected chi connectivity index (χ4v) is 5.08. The lowest BCUT2D eigenvalue weighted by Crippen LogP contribution is -2.28. The van der Waals surface area contributed by atoms with Gasteiger partial charge in [-0.3, -0.25) is 9.59 Å². The molecule has 0 rings (SSSR count). The summed E-state index contributed by atoms with van der Waals surface area (Å²) in [7, 11) is 0. The topological polar surface area (TPSA) is 72.8 Å². The lowest BCUT2D eigenvalue weighted by molar-refractivity contribution is -0.161. The molecule has 5 nitrogen and oxygen atoms in total. The summed E-state index contributed by atoms with van der Waals surface area (Å²) in [6.45, 7) is 4.11. The van der Waals surface area contributed by atoms with Gasteiger partial charge in [0.05, 0.1) is 6.61 Å². The third-order valence-corrected chi connectivity index (χ3v) is 7.81. The van der Waals surface area contributed by atoms with Gasteiger partial charge in [-0.15, -0.1) is 0 Å². The van der Waals surface area contributed by atoms with Crippen LogP contribution in [0.4, 0.5) is 0 Å². The fraction of sp³-hybridized carbons (Fsp3) is 0.889. The Hall–Kier alpha value is -1.36. The monoisotopic (exact) mass is 581 g/mol. The van der Waals surface area contributed by atoms with Gasteiger partial charge in [0.2, 0.25) is 0 Å². The summed E-state index contributed by atoms with van der Waals surface area (Å²) in [5.74, 6) is -0.595. The standard InChI is InChI=1S/C36H68O5/c1-3-5-7-9-11-13-15-17-18-19-21-22-24-26-28-30-35(38)40-33-34(32-37)41-36(39)31-29-27-25-23-20-16-14-12-10-8-6-4-2/h12,14,34,37H,3-11,13,15-33H2,1-2H3/b14-12+/t34-/m0/s1. The number of aliphatic hydroxyl groups is 1. The molecule has 0 saturated carbocycles. The quantitative estimate of drug-likeness (QED) is 0.0487. The van der Waals surface area contributed by atoms with Crippen molar-refractivity contribution in [2.24, 2.45) is 0 Å². The smallest absolute Gasteiger partial charge is 0.306 e. The van der Waals surface area contributed by atoms with E-state index in [4.69, 9.17) is 9.47 Å². The molecule has 0 radical (unpaired) electrons. The molecule has 5 heteroatoms. The van der Waals surface area contributed by atoms with E-state index in [2.05, 4.69) is 26.0 Å². The zero-order valence-corrected chi connectivity index (χ0v) is 27.3. The molecule has 0 fully saturated rings. The van der Waals surface area contributed by atoms with Gasteiger partial charge in [0.25, 0.3) is 0 Å². The number of carbonyl (C=O) groups is 2. The number of ether oxygens (including phenoxy) is 2. The third-order valence-electron chi connectivity index (χ3n) is 7.81. The number of unbranched alkanes of at least 4 members (excludes halogenated alkanes) is 22. The Bertz CT molecular complexity index is 589. The summed E-state index contributed by atoms with van der Waals surface area (Å²) in [6, 6.07) is 0. The number of aliphatic hydroxyl groups excluding tert-OH is 1. The molecule has 41 heavy (non-hydrogen) atoms. The van der Waals surface area contributed by atoms with Gasteiger partial charge in [0, 0.05) is 12.8 Å². The van der Waals surface area contributed by atoms with Crippen molar-refractivity contribution in [1.29, 1.82) is 0 Å². The average molecular weight is 581 g/mol. The second kappa shape index (κ2) is 33.1. The highest BCUT2D eigenvalue weighted by molar-refractivity contribution is 5.70. The first-order valence-corrected chi connectivity index (χ1v) is 17.7. The number of rotatable bonds is 32. The maximum atomic E-state index is 12.1. The van der Waals surface area contributed by atoms with Gasteiger partial charge in [0.15, 0.2) is 6.10 Å². The van der Waals surface area contributed by atoms with E-state index in [1.165, 1.54) is 116 Å². The summed E-state index contributed by atoms with van der Waals surface area (Å²) >= 11 is 0. The second-order valence-corrected chi connectivity index (χ2v) is 12.0. The predicted molar refractivity (Wildman–Crippen MR) is 173 cm³/mol. The normalized spacial score (nSPS) is 12.2. The molecule has 1 N–H and O–H groups in total. The van der Waals surface area contributed by atoms with Crippen LogP contribution in [0.25, 0.3) is 0 Å². The lowest BCUT2D eigenvalue weighted by atomic mass is 10.0. The first-order valence-electron chi connectivity index (χ1n) is 17.7. The van der Waals surface area contributed by atoms with Crippen LogP contribution in [0.5, 0.6) is 0 Å². The predicted octanol–water partition coefficient (Wildman–Crippen LogP) is 10.6. The Kier molecular flexibility index (Phi) is 32.0. The molecule has 0 saturated heterocycles. The van der Waals surface area contributed by atoms with Crippen molar-refractivity contribution in [2.75, 3.05) is 13.2 Å². The minimum Gasteiger partial charge on any atom is -0.462 e. The Morgan fingerprint density at radius 3 is 1.37 bits per heavy atom. The van der Waals surface area contributed by atoms with E-state index in [1.807, 2.05) is 0 Å². The molecule has 0 aliphatic rings. The third kappa shape index (κ3) is 31.4. The number of hydrogen-bond acceptors (Lipinski definition) is 5. The number of hydrogen-bond donors (Lipinski definition) is 1. The fourth-order valence-electron chi connectivity index (χ4n) is 5.08. The van der Waals surface area contributed by atoms with E-state index >= 15 is 0 Å². The summed E-state index contributed by atoms with van der Waals surface area (Å²) in [5, 5.41) is 9.50. The molecule has 0 bridgehead atoms. The Balaban J connectivity index is 3.54. The summed E-state index contributed by atoms with van der Waals surface area (Å²) < 4.78 is 10.6. The minimum atomic E-state index is -0.767. The van der Waals surface area contributed by atoms with Crippen molar-refractivity contribution in [1.82, 2.24) is 0 Å². The summed E-state index contributed by atoms with van der Waals surface area (Å²) in [6.07, 6.45) is 35.5. The van der Waals surface area contributed by atoms with Crippen LogP contribution in [-0.4, -0.2) is 36.4 Å². The zero-order chi connectivity index (χ0) is 30.1. The maximum absolute atomic E-state index is 12.1. The molecule has 0 aromatic heterocycles. The average Bonchev–Trinajstić information content (AvgIpc) is 2.97. The van der Waals surface area contributed by atoms with E-state index in [9.17, 15) is 14.7 Å². The SMILES string of the molecule is CCCCC/C=C/CCCCCCCC(=O)O[C@@H](CO)COC(=O)CCCCCCCCCCCCCCCCC. The van der Waals surface area contributed by atoms with Crippen molar-refractivity contribution in [2.45, 2.75) is 193 Å². The van der Waals surface area contributed by atoms with Crippen molar-refractivity contribution < 1.29 is 24.2 Å². The Morgan fingerprint density at radius 2 is 0.902 bits per heavy atom. The highest BCUT2D eigenvalue weighted by Gasteiger charge is 2.16. The molecule has 0 aromatic rings. The Labute approximate surface area is 254 Å². The minimum absolute atomic E-state index is 0.0637. The van der Waals surface area contributed by atoms with Crippen molar-refractivity contribution in [3.8, 4) is 0 Å². The lowest BCUT2D eigenvalue weighted by Gasteiger charge is -2.15. The van der Waals surface area contributed by atoms with Crippen LogP contribution in [0.15, 0.2) is 12.2 Å². The maximum Gasteiger partial charge on any atom is 0.306 e. The number of esters is 2. The largest absolute Gasteiger partial charge is 0.462 e. The van der Waals surface area contributed by atoms with Crippen LogP contribution >= 0.6 is 0 Å². The summed E-state index contributed by atoms with van der Waals surface area (Å²) in [4.78, 5) is 24.1. The van der Waals surface area contributed by atoms with Crippen LogP contribution in [0.1, 0.15) is 187 Å². The van der Waals surface area contributed by atoms with Crippen LogP contribution in [-0.2, 0) is 19.1 Å². The van der Waals surface area contributed by atoms with Gasteiger partial charge in [0.1, 0.15) is 6.61 Å². The van der Waals surface area contributed by atoms with Crippen molar-refractivity contribution in [3.63, 3.8) is 0 Å². The molecule has 0 unspecified atom stereocenters. The van der Waals surface area contributed by atoms with E-state index in [-0.39, 0.29) is 25.2 Å². The number of carbonyl (C=O) groups excluding carboxylic acids is 2. The van der Waals surface area contributed by atoms with Gasteiger partial charge < -0.3 is 14.6 Å². The molecule has 0 aromatic carbocycles. The first kappa shape index (κ1) is 39.6. The van der Waals surface area contributed by atoms with Gasteiger partial charge in [-0.05, 0) is 38.5 Å². The first-order chi connectivity index (χ1) is 20.1. The molecule has 0 amide bonds. The van der Waals surface area contributed by atoms with E-state index < -0.39 is 6.10 Å². The number of allylic oxidation sites excluding steroid dienone is 2. The van der Waals surface area contributed by atoms with Gasteiger partial charge in [-0.25, -0.2) is 0 Å². The highest BCUT2D eigenvalue weighted by atomic mass is 16.6. The highest BCUT2D eigenvalue weighted by Crippen LogP contribution is 2.14. The van der Waals surface area contributed by atoms with E-state index in [0.717, 1.165) is 44.9 Å². The van der Waals surface area contributed by atoms with Crippen molar-refractivity contribution >= 4 is 11.9 Å². The van der Waals surface area contributed by atoms with Gasteiger partial charge in [-0.2, -0.15) is 0 Å². The summed E-state index contributed by atoms with van der Waals surface area (Å²) in [5.41, 5.74) is 0. The molecular weight excluding hydrogens is 512 g/mol. The molecule has 0 spiro atoms. The Morgan fingerprint density at radius 1 is 0.537 bits per heavy atom. The zero-order valence-electron chi connectivity index (χ0n) is 27.3. The van der Waals surface area contributed by atoms with E-state index in [0.29, 0.717) is 12.8 Å². The van der Waals surface area contributed by atoms with Crippen LogP contribution in [0.3, 0.4) is 0 Å². The van der Waals surface area contributed by atoms with Gasteiger partial charge in [-0.1, -0.05) is 148 Å². The molecule has 0 aliphatic heterocycles. The molecule has 242 valence electrons. The van der Waals surface area contributed by atoms with Crippen molar-refractivity contribution in [3.05, 3.63) is 12.2 Å². The second-order valence-electron chi connectivity index (χ2n) is 12.0. The molecular formula is C36H68O5. The van der Waals surface area contributed by atoms with Crippen LogP contribution < -0.4 is 0 Å². The molecule has 0 aliphatic carbocycles. The van der Waals surface area contributed by atoms with Gasteiger partial charge >= 0.3 is 11.9 Å².